The van der Waals surface area contributed by atoms with E-state index >= 15 is 0 Å². The molecule has 7 heteroatoms. The first kappa shape index (κ1) is 18.7. The van der Waals surface area contributed by atoms with E-state index in [0.29, 0.717) is 36.7 Å². The fourth-order valence-corrected chi connectivity index (χ4v) is 2.85. The van der Waals surface area contributed by atoms with Crippen LogP contribution in [0.2, 0.25) is 0 Å². The summed E-state index contributed by atoms with van der Waals surface area (Å²) in [5, 5.41) is 0. The van der Waals surface area contributed by atoms with Crippen molar-refractivity contribution in [1.82, 2.24) is 9.88 Å². The molecule has 0 radical (unpaired) electrons. The molecular weight excluding hydrogens is 346 g/mol. The average molecular weight is 369 g/mol. The first-order valence-corrected chi connectivity index (χ1v) is 8.75. The Morgan fingerprint density at radius 3 is 2.59 bits per heavy atom. The lowest BCUT2D eigenvalue weighted by Crippen LogP contribution is -2.39. The molecule has 0 atom stereocenters. The number of amides is 2. The Labute approximate surface area is 158 Å². The highest BCUT2D eigenvalue weighted by atomic mass is 16.6. The van der Waals surface area contributed by atoms with E-state index in [-0.39, 0.29) is 6.09 Å². The lowest BCUT2D eigenvalue weighted by atomic mass is 9.99. The third kappa shape index (κ3) is 4.55. The molecule has 3 rings (SSSR count). The molecular formula is C20H23N3O4. The summed E-state index contributed by atoms with van der Waals surface area (Å²) in [6, 6.07) is 8.90. The van der Waals surface area contributed by atoms with Gasteiger partial charge in [-0.15, -0.1) is 0 Å². The van der Waals surface area contributed by atoms with E-state index in [1.54, 1.807) is 17.0 Å². The number of carbonyl (C=O) groups excluding carboxylic acids is 2. The van der Waals surface area contributed by atoms with Gasteiger partial charge >= 0.3 is 6.09 Å². The Hall–Kier alpha value is -3.09. The molecule has 2 amide bonds. The zero-order valence-corrected chi connectivity index (χ0v) is 15.7. The van der Waals surface area contributed by atoms with Gasteiger partial charge in [0.25, 0.3) is 0 Å². The van der Waals surface area contributed by atoms with Gasteiger partial charge in [-0.1, -0.05) is 12.1 Å². The second-order valence-corrected chi connectivity index (χ2v) is 7.40. The van der Waals surface area contributed by atoms with Crippen LogP contribution in [0.5, 0.6) is 11.6 Å². The van der Waals surface area contributed by atoms with Crippen LogP contribution in [0.15, 0.2) is 36.5 Å². The minimum Gasteiger partial charge on any atom is -0.444 e. The van der Waals surface area contributed by atoms with E-state index in [2.05, 4.69) is 4.98 Å². The zero-order valence-electron chi connectivity index (χ0n) is 15.7. The molecule has 1 aromatic carbocycles. The Balaban J connectivity index is 1.75. The van der Waals surface area contributed by atoms with Crippen LogP contribution in [0, 0.1) is 0 Å². The van der Waals surface area contributed by atoms with E-state index in [4.69, 9.17) is 15.2 Å². The molecule has 0 fully saturated rings. The first-order chi connectivity index (χ1) is 12.7. The maximum atomic E-state index is 12.3. The van der Waals surface area contributed by atoms with Gasteiger partial charge in [0.1, 0.15) is 11.4 Å². The van der Waals surface area contributed by atoms with Crippen LogP contribution in [0.4, 0.5) is 4.79 Å². The second-order valence-electron chi connectivity index (χ2n) is 7.40. The molecule has 0 saturated carbocycles. The minimum absolute atomic E-state index is 0.317. The van der Waals surface area contributed by atoms with Crippen molar-refractivity contribution in [2.45, 2.75) is 39.3 Å². The van der Waals surface area contributed by atoms with Crippen LogP contribution in [0.1, 0.15) is 42.3 Å². The van der Waals surface area contributed by atoms with E-state index in [1.165, 1.54) is 6.20 Å². The molecule has 0 aliphatic carbocycles. The molecule has 2 aromatic rings. The maximum absolute atomic E-state index is 12.3. The number of hydrogen-bond donors (Lipinski definition) is 1. The molecule has 142 valence electrons. The number of benzene rings is 1. The predicted octanol–water partition coefficient (Wildman–Crippen LogP) is 3.27. The molecule has 1 aliphatic rings. The van der Waals surface area contributed by atoms with Crippen molar-refractivity contribution in [2.24, 2.45) is 5.73 Å². The summed E-state index contributed by atoms with van der Waals surface area (Å²) in [4.78, 5) is 29.3. The van der Waals surface area contributed by atoms with Gasteiger partial charge < -0.3 is 20.1 Å². The van der Waals surface area contributed by atoms with Crippen LogP contribution in [-0.4, -0.2) is 34.0 Å². The number of ether oxygens (including phenoxy) is 2. The highest BCUT2D eigenvalue weighted by molar-refractivity contribution is 5.92. The molecule has 1 aliphatic heterocycles. The van der Waals surface area contributed by atoms with Gasteiger partial charge in [-0.3, -0.25) is 4.79 Å². The van der Waals surface area contributed by atoms with E-state index in [1.807, 2.05) is 39.0 Å². The average Bonchev–Trinajstić information content (AvgIpc) is 2.60. The van der Waals surface area contributed by atoms with E-state index in [0.717, 1.165) is 11.1 Å². The number of nitrogens with zero attached hydrogens (tertiary/aromatic N) is 2. The van der Waals surface area contributed by atoms with Gasteiger partial charge in [0.2, 0.25) is 11.8 Å². The van der Waals surface area contributed by atoms with Crippen LogP contribution < -0.4 is 10.5 Å². The van der Waals surface area contributed by atoms with Crippen LogP contribution in [0.3, 0.4) is 0 Å². The van der Waals surface area contributed by atoms with Crippen molar-refractivity contribution in [3.8, 4) is 11.6 Å². The molecule has 2 heterocycles. The van der Waals surface area contributed by atoms with Gasteiger partial charge in [0.05, 0.1) is 5.56 Å². The summed E-state index contributed by atoms with van der Waals surface area (Å²) in [5.74, 6) is 0.534. The van der Waals surface area contributed by atoms with Crippen molar-refractivity contribution in [1.29, 1.82) is 0 Å². The number of primary amides is 1. The summed E-state index contributed by atoms with van der Waals surface area (Å²) in [6.07, 6.45) is 1.73. The van der Waals surface area contributed by atoms with Crippen LogP contribution in [0.25, 0.3) is 0 Å². The predicted molar refractivity (Wildman–Crippen MR) is 99.6 cm³/mol. The van der Waals surface area contributed by atoms with E-state index < -0.39 is 11.5 Å². The summed E-state index contributed by atoms with van der Waals surface area (Å²) >= 11 is 0. The number of rotatable bonds is 3. The first-order valence-electron chi connectivity index (χ1n) is 8.75. The number of hydrogen-bond acceptors (Lipinski definition) is 5. The Morgan fingerprint density at radius 1 is 1.19 bits per heavy atom. The number of nitrogens with two attached hydrogens (primary N) is 1. The Bertz CT molecular complexity index is 857. The largest absolute Gasteiger partial charge is 0.444 e. The third-order valence-corrected chi connectivity index (χ3v) is 4.11. The van der Waals surface area contributed by atoms with Gasteiger partial charge in [0, 0.05) is 30.9 Å². The lowest BCUT2D eigenvalue weighted by molar-refractivity contribution is 0.0223. The summed E-state index contributed by atoms with van der Waals surface area (Å²) in [7, 11) is 0. The fourth-order valence-electron chi connectivity index (χ4n) is 2.85. The Kier molecular flexibility index (Phi) is 5.03. The molecule has 0 saturated heterocycles. The van der Waals surface area contributed by atoms with Crippen molar-refractivity contribution < 1.29 is 19.1 Å². The van der Waals surface area contributed by atoms with Crippen molar-refractivity contribution in [2.75, 3.05) is 6.54 Å². The molecule has 0 spiro atoms. The van der Waals surface area contributed by atoms with E-state index in [9.17, 15) is 9.59 Å². The van der Waals surface area contributed by atoms with Gasteiger partial charge in [0.15, 0.2) is 0 Å². The van der Waals surface area contributed by atoms with Crippen molar-refractivity contribution >= 4 is 12.0 Å². The zero-order chi connectivity index (χ0) is 19.6. The maximum Gasteiger partial charge on any atom is 0.410 e. The lowest BCUT2D eigenvalue weighted by Gasteiger charge is -2.31. The standard InChI is InChI=1S/C20H23N3O4/c1-20(2,3)27-19(25)23-10-9-15-14(12-23)5-4-6-16(15)26-17-8-7-13(11-22-17)18(21)24/h4-8,11H,9-10,12H2,1-3H3,(H2,21,24). The molecule has 7 nitrogen and oxygen atoms in total. The highest BCUT2D eigenvalue weighted by Gasteiger charge is 2.27. The molecule has 2 N–H and O–H groups in total. The Morgan fingerprint density at radius 2 is 1.96 bits per heavy atom. The number of fused-ring (bicyclic) bond motifs is 1. The normalized spacial score (nSPS) is 13.7. The van der Waals surface area contributed by atoms with Crippen molar-refractivity contribution in [3.63, 3.8) is 0 Å². The van der Waals surface area contributed by atoms with Gasteiger partial charge in [-0.25, -0.2) is 9.78 Å². The van der Waals surface area contributed by atoms with Crippen LogP contribution >= 0.6 is 0 Å². The van der Waals surface area contributed by atoms with Crippen molar-refractivity contribution in [3.05, 3.63) is 53.2 Å². The molecule has 27 heavy (non-hydrogen) atoms. The topological polar surface area (TPSA) is 94.7 Å². The summed E-state index contributed by atoms with van der Waals surface area (Å²) in [6.45, 7) is 6.58. The third-order valence-electron chi connectivity index (χ3n) is 4.11. The van der Waals surface area contributed by atoms with Crippen LogP contribution in [-0.2, 0) is 17.7 Å². The fraction of sp³-hybridized carbons (Fsp3) is 0.350. The highest BCUT2D eigenvalue weighted by Crippen LogP contribution is 2.31. The van der Waals surface area contributed by atoms with Gasteiger partial charge in [-0.2, -0.15) is 0 Å². The quantitative estimate of drug-likeness (QED) is 0.896. The number of aromatic nitrogens is 1. The molecule has 0 unspecified atom stereocenters. The summed E-state index contributed by atoms with van der Waals surface area (Å²) < 4.78 is 11.3. The molecule has 1 aromatic heterocycles. The molecule has 0 bridgehead atoms. The smallest absolute Gasteiger partial charge is 0.410 e. The SMILES string of the molecule is CC(C)(C)OC(=O)N1CCc2c(cccc2Oc2ccc(C(N)=O)cn2)C1. The minimum atomic E-state index is -0.534. The summed E-state index contributed by atoms with van der Waals surface area (Å²) in [5.41, 5.74) is 7.08. The van der Waals surface area contributed by atoms with Gasteiger partial charge in [-0.05, 0) is 44.9 Å². The second kappa shape index (κ2) is 7.26. The monoisotopic (exact) mass is 369 g/mol. The number of carbonyl (C=O) groups is 2. The number of pyridine rings is 1.